The second-order valence-electron chi connectivity index (χ2n) is 8.35. The van der Waals surface area contributed by atoms with E-state index >= 15 is 0 Å². The van der Waals surface area contributed by atoms with E-state index < -0.39 is 30.6 Å². The fourth-order valence-electron chi connectivity index (χ4n) is 4.64. The summed E-state index contributed by atoms with van der Waals surface area (Å²) in [5, 5.41) is 11.9. The van der Waals surface area contributed by atoms with Gasteiger partial charge in [0, 0.05) is 24.0 Å². The number of nitriles is 1. The standard InChI is InChI=1S/C22H27F3N4O2/c1-14-10-16(15(2)29(14)18-6-4-3-5-7-18)11-17(12-26)20(30)27-19-8-9-28(21(19)31)13-22(23,24)25/h10-11,18-19H,3-9,13H2,1-2H3,(H,27,30)/b17-11-. The van der Waals surface area contributed by atoms with Gasteiger partial charge >= 0.3 is 6.18 Å². The molecule has 1 aliphatic heterocycles. The van der Waals surface area contributed by atoms with Gasteiger partial charge in [0.25, 0.3) is 5.91 Å². The van der Waals surface area contributed by atoms with Gasteiger partial charge in [0.2, 0.25) is 5.91 Å². The minimum atomic E-state index is -4.49. The normalized spacial score (nSPS) is 20.8. The van der Waals surface area contributed by atoms with Gasteiger partial charge in [-0.2, -0.15) is 18.4 Å². The highest BCUT2D eigenvalue weighted by Crippen LogP contribution is 2.32. The van der Waals surface area contributed by atoms with Gasteiger partial charge in [-0.1, -0.05) is 19.3 Å². The summed E-state index contributed by atoms with van der Waals surface area (Å²) in [6.45, 7) is 2.52. The van der Waals surface area contributed by atoms with E-state index in [4.69, 9.17) is 0 Å². The Morgan fingerprint density at radius 1 is 1.26 bits per heavy atom. The van der Waals surface area contributed by atoms with Crippen LogP contribution in [0.4, 0.5) is 13.2 Å². The van der Waals surface area contributed by atoms with E-state index in [0.29, 0.717) is 10.9 Å². The van der Waals surface area contributed by atoms with Crippen LogP contribution in [0, 0.1) is 25.2 Å². The minimum Gasteiger partial charge on any atom is -0.346 e. The zero-order chi connectivity index (χ0) is 22.8. The molecule has 0 spiro atoms. The molecule has 1 atom stereocenters. The van der Waals surface area contributed by atoms with E-state index in [9.17, 15) is 28.0 Å². The molecule has 1 aromatic rings. The van der Waals surface area contributed by atoms with E-state index in [1.165, 1.54) is 25.3 Å². The molecule has 0 bridgehead atoms. The number of alkyl halides is 3. The van der Waals surface area contributed by atoms with Gasteiger partial charge in [-0.15, -0.1) is 0 Å². The van der Waals surface area contributed by atoms with Crippen LogP contribution >= 0.6 is 0 Å². The van der Waals surface area contributed by atoms with Crippen molar-refractivity contribution in [1.82, 2.24) is 14.8 Å². The molecule has 6 nitrogen and oxygen atoms in total. The molecule has 0 aromatic carbocycles. The number of nitrogens with zero attached hydrogens (tertiary/aromatic N) is 3. The summed E-state index contributed by atoms with van der Waals surface area (Å²) >= 11 is 0. The third kappa shape index (κ3) is 5.30. The first-order chi connectivity index (χ1) is 14.6. The van der Waals surface area contributed by atoms with E-state index in [1.54, 1.807) is 0 Å². The van der Waals surface area contributed by atoms with Crippen LogP contribution in [0.2, 0.25) is 0 Å². The SMILES string of the molecule is Cc1cc(/C=C(/C#N)C(=O)NC2CCN(CC(F)(F)F)C2=O)c(C)n1C1CCCCC1. The molecule has 1 saturated heterocycles. The third-order valence-electron chi connectivity index (χ3n) is 6.10. The largest absolute Gasteiger partial charge is 0.406 e. The van der Waals surface area contributed by atoms with Crippen molar-refractivity contribution in [2.75, 3.05) is 13.1 Å². The first-order valence-corrected chi connectivity index (χ1v) is 10.6. The quantitative estimate of drug-likeness (QED) is 0.563. The number of aromatic nitrogens is 1. The van der Waals surface area contributed by atoms with Crippen LogP contribution in [0.3, 0.4) is 0 Å². The molecule has 2 fully saturated rings. The maximum Gasteiger partial charge on any atom is 0.406 e. The van der Waals surface area contributed by atoms with Crippen molar-refractivity contribution in [2.24, 2.45) is 0 Å². The number of halogens is 3. The summed E-state index contributed by atoms with van der Waals surface area (Å²) < 4.78 is 40.0. The minimum absolute atomic E-state index is 0.0789. The number of hydrogen-bond acceptors (Lipinski definition) is 3. The summed E-state index contributed by atoms with van der Waals surface area (Å²) in [6, 6.07) is 3.14. The van der Waals surface area contributed by atoms with Gasteiger partial charge < -0.3 is 14.8 Å². The van der Waals surface area contributed by atoms with E-state index in [0.717, 1.165) is 29.8 Å². The maximum absolute atomic E-state index is 12.6. The van der Waals surface area contributed by atoms with Crippen molar-refractivity contribution in [3.8, 4) is 6.07 Å². The van der Waals surface area contributed by atoms with Gasteiger partial charge in [0.05, 0.1) is 0 Å². The fraction of sp³-hybridized carbons (Fsp3) is 0.591. The highest BCUT2D eigenvalue weighted by Gasteiger charge is 2.40. The lowest BCUT2D eigenvalue weighted by atomic mass is 9.95. The lowest BCUT2D eigenvalue weighted by molar-refractivity contribution is -0.158. The predicted molar refractivity (Wildman–Crippen MR) is 109 cm³/mol. The summed E-state index contributed by atoms with van der Waals surface area (Å²) in [5.41, 5.74) is 2.61. The summed E-state index contributed by atoms with van der Waals surface area (Å²) in [6.07, 6.45) is 2.87. The number of nitrogens with one attached hydrogen (secondary N) is 1. The monoisotopic (exact) mass is 436 g/mol. The molecular weight excluding hydrogens is 409 g/mol. The molecule has 168 valence electrons. The summed E-state index contributed by atoms with van der Waals surface area (Å²) in [4.78, 5) is 25.4. The lowest BCUT2D eigenvalue weighted by Crippen LogP contribution is -2.44. The molecule has 1 unspecified atom stereocenters. The van der Waals surface area contributed by atoms with Gasteiger partial charge in [-0.05, 0) is 50.8 Å². The predicted octanol–water partition coefficient (Wildman–Crippen LogP) is 3.80. The number of rotatable bonds is 5. The first kappa shape index (κ1) is 22.9. The molecule has 2 amide bonds. The van der Waals surface area contributed by atoms with Crippen molar-refractivity contribution in [1.29, 1.82) is 5.26 Å². The van der Waals surface area contributed by atoms with Crippen LogP contribution in [0.5, 0.6) is 0 Å². The zero-order valence-electron chi connectivity index (χ0n) is 17.8. The second-order valence-corrected chi connectivity index (χ2v) is 8.35. The molecule has 9 heteroatoms. The molecule has 2 heterocycles. The smallest absolute Gasteiger partial charge is 0.346 e. The Kier molecular flexibility index (Phi) is 6.77. The first-order valence-electron chi connectivity index (χ1n) is 10.6. The number of amides is 2. The summed E-state index contributed by atoms with van der Waals surface area (Å²) in [7, 11) is 0. The van der Waals surface area contributed by atoms with Crippen molar-refractivity contribution in [3.05, 3.63) is 28.6 Å². The number of carbonyl (C=O) groups is 2. The van der Waals surface area contributed by atoms with Crippen LogP contribution in [-0.4, -0.2) is 46.6 Å². The number of aryl methyl sites for hydroxylation is 1. The lowest BCUT2D eigenvalue weighted by Gasteiger charge is -2.26. The Balaban J connectivity index is 1.73. The summed E-state index contributed by atoms with van der Waals surface area (Å²) in [5.74, 6) is -1.53. The van der Waals surface area contributed by atoms with Gasteiger partial charge in [0.15, 0.2) is 0 Å². The third-order valence-corrected chi connectivity index (χ3v) is 6.10. The molecule has 3 rings (SSSR count). The average Bonchev–Trinajstić information content (AvgIpc) is 3.18. The highest BCUT2D eigenvalue weighted by molar-refractivity contribution is 6.04. The van der Waals surface area contributed by atoms with Crippen LogP contribution in [0.1, 0.15) is 61.5 Å². The van der Waals surface area contributed by atoms with E-state index in [2.05, 4.69) is 9.88 Å². The Morgan fingerprint density at radius 2 is 1.94 bits per heavy atom. The van der Waals surface area contributed by atoms with Crippen LogP contribution in [0.15, 0.2) is 11.6 Å². The second kappa shape index (κ2) is 9.16. The van der Waals surface area contributed by atoms with Crippen LogP contribution < -0.4 is 5.32 Å². The Morgan fingerprint density at radius 3 is 2.55 bits per heavy atom. The van der Waals surface area contributed by atoms with Gasteiger partial charge in [-0.3, -0.25) is 9.59 Å². The van der Waals surface area contributed by atoms with Gasteiger partial charge in [0.1, 0.15) is 24.2 Å². The number of hydrogen-bond donors (Lipinski definition) is 1. The average molecular weight is 436 g/mol. The van der Waals surface area contributed by atoms with Crippen molar-refractivity contribution in [2.45, 2.75) is 70.6 Å². The van der Waals surface area contributed by atoms with E-state index in [1.807, 2.05) is 26.0 Å². The zero-order valence-corrected chi connectivity index (χ0v) is 17.8. The molecule has 31 heavy (non-hydrogen) atoms. The van der Waals surface area contributed by atoms with Crippen molar-refractivity contribution >= 4 is 17.9 Å². The molecule has 1 aromatic heterocycles. The topological polar surface area (TPSA) is 78.1 Å². The maximum atomic E-state index is 12.6. The van der Waals surface area contributed by atoms with Crippen molar-refractivity contribution in [3.63, 3.8) is 0 Å². The molecule has 2 aliphatic rings. The molecular formula is C22H27F3N4O2. The molecule has 0 radical (unpaired) electrons. The highest BCUT2D eigenvalue weighted by atomic mass is 19.4. The Labute approximate surface area is 179 Å². The Hall–Kier alpha value is -2.76. The number of carbonyl (C=O) groups excluding carboxylic acids is 2. The Bertz CT molecular complexity index is 920. The van der Waals surface area contributed by atoms with Crippen LogP contribution in [0.25, 0.3) is 6.08 Å². The molecule has 1 aliphatic carbocycles. The van der Waals surface area contributed by atoms with Gasteiger partial charge in [-0.25, -0.2) is 0 Å². The molecule has 1 N–H and O–H groups in total. The fourth-order valence-corrected chi connectivity index (χ4v) is 4.64. The van der Waals surface area contributed by atoms with Crippen molar-refractivity contribution < 1.29 is 22.8 Å². The van der Waals surface area contributed by atoms with Crippen LogP contribution in [-0.2, 0) is 9.59 Å². The number of likely N-dealkylation sites (tertiary alicyclic amines) is 1. The molecule has 1 saturated carbocycles. The van der Waals surface area contributed by atoms with E-state index in [-0.39, 0.29) is 18.5 Å².